The van der Waals surface area contributed by atoms with Gasteiger partial charge in [-0.15, -0.1) is 23.5 Å². The molecule has 0 radical (unpaired) electrons. The van der Waals surface area contributed by atoms with Crippen LogP contribution in [0.2, 0.25) is 0 Å². The summed E-state index contributed by atoms with van der Waals surface area (Å²) in [7, 11) is 3.36. The molecule has 0 bridgehead atoms. The van der Waals surface area contributed by atoms with E-state index < -0.39 is 0 Å². The van der Waals surface area contributed by atoms with Crippen LogP contribution in [0.1, 0.15) is 26.1 Å². The molecule has 2 aromatic carbocycles. The van der Waals surface area contributed by atoms with Crippen LogP contribution in [0.5, 0.6) is 5.75 Å². The molecule has 0 aliphatic carbocycles. The first-order chi connectivity index (χ1) is 13.6. The highest BCUT2D eigenvalue weighted by Crippen LogP contribution is 2.48. The Kier molecular flexibility index (Phi) is 7.28. The van der Waals surface area contributed by atoms with Gasteiger partial charge in [0.25, 0.3) is 11.8 Å². The lowest BCUT2D eigenvalue weighted by molar-refractivity contribution is -0.132. The molecule has 7 heteroatoms. The van der Waals surface area contributed by atoms with Crippen molar-refractivity contribution in [2.75, 3.05) is 32.2 Å². The maximum Gasteiger partial charge on any atom is 0.260 e. The van der Waals surface area contributed by atoms with Crippen molar-refractivity contribution in [3.63, 3.8) is 0 Å². The zero-order chi connectivity index (χ0) is 19.9. The van der Waals surface area contributed by atoms with Gasteiger partial charge in [-0.25, -0.2) is 0 Å². The quantitative estimate of drug-likeness (QED) is 0.748. The van der Waals surface area contributed by atoms with Gasteiger partial charge in [0.2, 0.25) is 0 Å². The van der Waals surface area contributed by atoms with Crippen molar-refractivity contribution < 1.29 is 14.3 Å². The van der Waals surface area contributed by atoms with Crippen LogP contribution in [0.25, 0.3) is 0 Å². The summed E-state index contributed by atoms with van der Waals surface area (Å²) in [4.78, 5) is 25.7. The Labute approximate surface area is 174 Å². The first-order valence-electron chi connectivity index (χ1n) is 9.08. The number of benzene rings is 2. The third-order valence-corrected chi connectivity index (χ3v) is 7.50. The summed E-state index contributed by atoms with van der Waals surface area (Å²) in [5, 5.41) is 2.59. The molecule has 0 aromatic heterocycles. The number of carbonyl (C=O) groups excluding carboxylic acids is 2. The van der Waals surface area contributed by atoms with Gasteiger partial charge < -0.3 is 15.0 Å². The van der Waals surface area contributed by atoms with Gasteiger partial charge in [0.05, 0.1) is 4.58 Å². The summed E-state index contributed by atoms with van der Waals surface area (Å²) in [6, 6.07) is 15.2. The van der Waals surface area contributed by atoms with Crippen LogP contribution in [0, 0.1) is 0 Å². The van der Waals surface area contributed by atoms with E-state index in [1.54, 1.807) is 31.1 Å². The average Bonchev–Trinajstić information content (AvgIpc) is 3.26. The number of nitrogens with one attached hydrogen (secondary N) is 1. The van der Waals surface area contributed by atoms with E-state index in [4.69, 9.17) is 4.74 Å². The zero-order valence-electron chi connectivity index (χ0n) is 16.0. The summed E-state index contributed by atoms with van der Waals surface area (Å²) >= 11 is 3.83. The van der Waals surface area contributed by atoms with Gasteiger partial charge in [0.15, 0.2) is 6.61 Å². The first kappa shape index (κ1) is 20.6. The molecule has 5 nitrogen and oxygen atoms in total. The van der Waals surface area contributed by atoms with Gasteiger partial charge >= 0.3 is 0 Å². The molecule has 2 aromatic rings. The number of hydrogen-bond acceptors (Lipinski definition) is 5. The third kappa shape index (κ3) is 5.23. The Balaban J connectivity index is 1.56. The number of thioether (sulfide) groups is 2. The summed E-state index contributed by atoms with van der Waals surface area (Å²) < 4.78 is 6.24. The van der Waals surface area contributed by atoms with Crippen LogP contribution in [-0.2, 0) is 11.3 Å². The minimum absolute atomic E-state index is 0.00584. The van der Waals surface area contributed by atoms with Gasteiger partial charge in [-0.1, -0.05) is 30.3 Å². The van der Waals surface area contributed by atoms with Gasteiger partial charge in [-0.05, 0) is 23.8 Å². The smallest absolute Gasteiger partial charge is 0.260 e. The SMILES string of the molecule is CNC(=O)c1ccc(CN(C)C(=O)COc2ccccc2C2SCCS2)cc1. The van der Waals surface area contributed by atoms with E-state index in [1.165, 1.54) is 0 Å². The van der Waals surface area contributed by atoms with Crippen molar-refractivity contribution in [3.05, 3.63) is 65.2 Å². The second kappa shape index (κ2) is 9.89. The van der Waals surface area contributed by atoms with E-state index in [9.17, 15) is 9.59 Å². The molecule has 0 atom stereocenters. The molecule has 1 saturated heterocycles. The van der Waals surface area contributed by atoms with E-state index >= 15 is 0 Å². The molecule has 1 fully saturated rings. The van der Waals surface area contributed by atoms with Crippen LogP contribution in [0.15, 0.2) is 48.5 Å². The molecule has 1 aliphatic rings. The number of carbonyl (C=O) groups is 2. The van der Waals surface area contributed by atoms with E-state index in [2.05, 4.69) is 11.4 Å². The standard InChI is InChI=1S/C21H24N2O3S2/c1-22-20(25)16-9-7-15(8-10-16)13-23(2)19(24)14-26-18-6-4-3-5-17(18)21-27-11-12-28-21/h3-10,21H,11-14H2,1-2H3,(H,22,25). The Morgan fingerprint density at radius 2 is 1.79 bits per heavy atom. The van der Waals surface area contributed by atoms with Crippen LogP contribution in [0.3, 0.4) is 0 Å². The fraction of sp³-hybridized carbons (Fsp3) is 0.333. The van der Waals surface area contributed by atoms with E-state index in [-0.39, 0.29) is 18.4 Å². The van der Waals surface area contributed by atoms with Crippen LogP contribution in [0.4, 0.5) is 0 Å². The monoisotopic (exact) mass is 416 g/mol. The second-order valence-corrected chi connectivity index (χ2v) is 9.15. The number of amides is 2. The number of nitrogens with zero attached hydrogens (tertiary/aromatic N) is 1. The Hall–Kier alpha value is -2.12. The lowest BCUT2D eigenvalue weighted by Gasteiger charge is -2.19. The number of rotatable bonds is 7. The molecule has 148 valence electrons. The number of para-hydroxylation sites is 1. The molecule has 28 heavy (non-hydrogen) atoms. The fourth-order valence-electron chi connectivity index (χ4n) is 2.86. The van der Waals surface area contributed by atoms with Crippen LogP contribution < -0.4 is 10.1 Å². The normalized spacial score (nSPS) is 13.9. The topological polar surface area (TPSA) is 58.6 Å². The maximum absolute atomic E-state index is 12.5. The lowest BCUT2D eigenvalue weighted by atomic mass is 10.1. The van der Waals surface area contributed by atoms with Gasteiger partial charge in [-0.2, -0.15) is 0 Å². The summed E-state index contributed by atoms with van der Waals surface area (Å²) in [5.74, 6) is 2.86. The van der Waals surface area contributed by atoms with Crippen molar-refractivity contribution in [2.45, 2.75) is 11.1 Å². The van der Waals surface area contributed by atoms with Gasteiger partial charge in [0.1, 0.15) is 5.75 Å². The molecular formula is C21H24N2O3S2. The molecule has 0 spiro atoms. The highest BCUT2D eigenvalue weighted by atomic mass is 32.2. The van der Waals surface area contributed by atoms with Crippen molar-refractivity contribution in [2.24, 2.45) is 0 Å². The Morgan fingerprint density at radius 1 is 1.11 bits per heavy atom. The second-order valence-electron chi connectivity index (χ2n) is 6.43. The van der Waals surface area contributed by atoms with Crippen LogP contribution in [-0.4, -0.2) is 48.9 Å². The van der Waals surface area contributed by atoms with Gasteiger partial charge in [0, 0.05) is 43.3 Å². The van der Waals surface area contributed by atoms with Crippen molar-refractivity contribution in [1.29, 1.82) is 0 Å². The number of likely N-dealkylation sites (N-methyl/N-ethyl adjacent to an activating group) is 1. The predicted molar refractivity (Wildman–Crippen MR) is 116 cm³/mol. The molecule has 1 heterocycles. The molecule has 0 unspecified atom stereocenters. The van der Waals surface area contributed by atoms with Crippen LogP contribution >= 0.6 is 23.5 Å². The highest BCUT2D eigenvalue weighted by Gasteiger charge is 2.22. The lowest BCUT2D eigenvalue weighted by Crippen LogP contribution is -2.31. The Morgan fingerprint density at radius 3 is 2.46 bits per heavy atom. The zero-order valence-corrected chi connectivity index (χ0v) is 17.6. The molecule has 1 N–H and O–H groups in total. The Bertz CT molecular complexity index is 821. The first-order valence-corrected chi connectivity index (χ1v) is 11.2. The van der Waals surface area contributed by atoms with Crippen molar-refractivity contribution in [3.8, 4) is 5.75 Å². The summed E-state index contributed by atoms with van der Waals surface area (Å²) in [5.41, 5.74) is 2.71. The molecule has 3 rings (SSSR count). The van der Waals surface area contributed by atoms with E-state index in [0.717, 1.165) is 28.4 Å². The largest absolute Gasteiger partial charge is 0.483 e. The minimum atomic E-state index is -0.123. The highest BCUT2D eigenvalue weighted by molar-refractivity contribution is 8.19. The minimum Gasteiger partial charge on any atom is -0.483 e. The predicted octanol–water partition coefficient (Wildman–Crippen LogP) is 3.56. The fourth-order valence-corrected chi connectivity index (χ4v) is 5.77. The summed E-state index contributed by atoms with van der Waals surface area (Å²) in [6.07, 6.45) is 0. The van der Waals surface area contributed by atoms with E-state index in [0.29, 0.717) is 16.7 Å². The molecule has 2 amide bonds. The van der Waals surface area contributed by atoms with Crippen molar-refractivity contribution >= 4 is 35.3 Å². The molecule has 1 aliphatic heterocycles. The van der Waals surface area contributed by atoms with Crippen molar-refractivity contribution in [1.82, 2.24) is 10.2 Å². The summed E-state index contributed by atoms with van der Waals surface area (Å²) in [6.45, 7) is 0.470. The number of hydrogen-bond donors (Lipinski definition) is 1. The molecule has 0 saturated carbocycles. The third-order valence-electron chi connectivity index (χ3n) is 4.43. The number of ether oxygens (including phenoxy) is 1. The van der Waals surface area contributed by atoms with Gasteiger partial charge in [-0.3, -0.25) is 9.59 Å². The maximum atomic E-state index is 12.5. The van der Waals surface area contributed by atoms with E-state index in [1.807, 2.05) is 53.9 Å². The molecular weight excluding hydrogens is 392 g/mol. The average molecular weight is 417 g/mol.